The molecule has 0 spiro atoms. The van der Waals surface area contributed by atoms with E-state index in [-0.39, 0.29) is 5.82 Å². The van der Waals surface area contributed by atoms with Gasteiger partial charge in [-0.25, -0.2) is 9.97 Å². The summed E-state index contributed by atoms with van der Waals surface area (Å²) >= 11 is 0. The zero-order valence-electron chi connectivity index (χ0n) is 9.99. The minimum Gasteiger partial charge on any atom is -0.373 e. The van der Waals surface area contributed by atoms with Crippen LogP contribution in [0.3, 0.4) is 0 Å². The van der Waals surface area contributed by atoms with E-state index in [0.29, 0.717) is 18.2 Å². The van der Waals surface area contributed by atoms with E-state index in [9.17, 15) is 10.1 Å². The van der Waals surface area contributed by atoms with Crippen LogP contribution in [0.2, 0.25) is 0 Å². The summed E-state index contributed by atoms with van der Waals surface area (Å²) in [7, 11) is 1.77. The fraction of sp³-hybridized carbons (Fsp3) is 0.300. The second-order valence-electron chi connectivity index (χ2n) is 3.69. The Balaban J connectivity index is 2.22. The zero-order valence-corrected chi connectivity index (χ0v) is 9.99. The van der Waals surface area contributed by atoms with Gasteiger partial charge in [0.15, 0.2) is 5.82 Å². The Kier molecular flexibility index (Phi) is 3.18. The maximum Gasteiger partial charge on any atom is 0.389 e. The van der Waals surface area contributed by atoms with E-state index < -0.39 is 4.92 Å². The van der Waals surface area contributed by atoms with Crippen molar-refractivity contribution in [1.29, 1.82) is 0 Å². The topological polar surface area (TPSA) is 98.8 Å². The van der Waals surface area contributed by atoms with Crippen molar-refractivity contribution in [2.45, 2.75) is 13.5 Å². The van der Waals surface area contributed by atoms with Crippen molar-refractivity contribution in [2.75, 3.05) is 12.4 Å². The third-order valence-electron chi connectivity index (χ3n) is 2.27. The van der Waals surface area contributed by atoms with E-state index in [1.54, 1.807) is 7.05 Å². The van der Waals surface area contributed by atoms with Gasteiger partial charge in [0.1, 0.15) is 12.4 Å². The Morgan fingerprint density at radius 1 is 1.50 bits per heavy atom. The normalized spacial score (nSPS) is 10.3. The average molecular weight is 248 g/mol. The molecule has 2 rings (SSSR count). The first-order valence-corrected chi connectivity index (χ1v) is 5.28. The standard InChI is InChI=1S/C10H12N6O2/c1-7-5-8(11-2)13-9(12-7)6-15-4-3-10(14-15)16(17)18/h3-5H,6H2,1-2H3,(H,11,12,13). The van der Waals surface area contributed by atoms with E-state index in [0.717, 1.165) is 5.69 Å². The van der Waals surface area contributed by atoms with Gasteiger partial charge in [-0.1, -0.05) is 0 Å². The van der Waals surface area contributed by atoms with Crippen molar-refractivity contribution in [3.63, 3.8) is 0 Å². The second kappa shape index (κ2) is 4.78. The summed E-state index contributed by atoms with van der Waals surface area (Å²) in [4.78, 5) is 18.5. The fourth-order valence-corrected chi connectivity index (χ4v) is 1.51. The lowest BCUT2D eigenvalue weighted by molar-refractivity contribution is -0.389. The van der Waals surface area contributed by atoms with Gasteiger partial charge in [-0.15, -0.1) is 0 Å². The molecular formula is C10H12N6O2. The summed E-state index contributed by atoms with van der Waals surface area (Å²) in [6, 6.07) is 3.16. The summed E-state index contributed by atoms with van der Waals surface area (Å²) in [6.45, 7) is 2.15. The van der Waals surface area contributed by atoms with E-state index >= 15 is 0 Å². The van der Waals surface area contributed by atoms with Gasteiger partial charge in [-0.2, -0.15) is 4.68 Å². The first kappa shape index (κ1) is 12.0. The smallest absolute Gasteiger partial charge is 0.373 e. The van der Waals surface area contributed by atoms with Gasteiger partial charge in [0.2, 0.25) is 0 Å². The molecule has 18 heavy (non-hydrogen) atoms. The number of hydrogen-bond donors (Lipinski definition) is 1. The molecule has 0 amide bonds. The number of nitro groups is 1. The maximum atomic E-state index is 10.5. The van der Waals surface area contributed by atoms with E-state index in [4.69, 9.17) is 0 Å². The van der Waals surface area contributed by atoms with Gasteiger partial charge in [0.25, 0.3) is 0 Å². The molecule has 2 heterocycles. The van der Waals surface area contributed by atoms with Gasteiger partial charge < -0.3 is 15.4 Å². The van der Waals surface area contributed by atoms with Crippen LogP contribution in [0.4, 0.5) is 11.6 Å². The third kappa shape index (κ3) is 2.59. The molecule has 0 fully saturated rings. The highest BCUT2D eigenvalue weighted by Crippen LogP contribution is 2.09. The molecule has 0 aliphatic rings. The lowest BCUT2D eigenvalue weighted by Crippen LogP contribution is -2.08. The molecule has 2 aromatic heterocycles. The highest BCUT2D eigenvalue weighted by Gasteiger charge is 2.12. The average Bonchev–Trinajstić information content (AvgIpc) is 2.76. The van der Waals surface area contributed by atoms with E-state index in [1.165, 1.54) is 16.9 Å². The maximum absolute atomic E-state index is 10.5. The Morgan fingerprint density at radius 2 is 2.28 bits per heavy atom. The van der Waals surface area contributed by atoms with Gasteiger partial charge in [0.05, 0.1) is 17.4 Å². The molecule has 0 aliphatic heterocycles. The third-order valence-corrected chi connectivity index (χ3v) is 2.27. The van der Waals surface area contributed by atoms with Crippen LogP contribution < -0.4 is 5.32 Å². The number of rotatable bonds is 4. The van der Waals surface area contributed by atoms with Crippen LogP contribution >= 0.6 is 0 Å². The minimum absolute atomic E-state index is 0.184. The summed E-state index contributed by atoms with van der Waals surface area (Å²) in [5.41, 5.74) is 0.825. The van der Waals surface area contributed by atoms with Gasteiger partial charge in [0, 0.05) is 18.8 Å². The lowest BCUT2D eigenvalue weighted by atomic mass is 10.4. The Labute approximate surface area is 103 Å². The molecule has 0 radical (unpaired) electrons. The predicted octanol–water partition coefficient (Wildman–Crippen LogP) is 0.980. The van der Waals surface area contributed by atoms with Crippen molar-refractivity contribution in [3.05, 3.63) is 40.0 Å². The van der Waals surface area contributed by atoms with Crippen LogP contribution in [0, 0.1) is 17.0 Å². The number of aromatic nitrogens is 4. The van der Waals surface area contributed by atoms with Crippen LogP contribution in [-0.2, 0) is 6.54 Å². The molecule has 1 N–H and O–H groups in total. The highest BCUT2D eigenvalue weighted by molar-refractivity contribution is 5.34. The first-order chi connectivity index (χ1) is 8.58. The molecule has 94 valence electrons. The number of aryl methyl sites for hydroxylation is 1. The second-order valence-corrected chi connectivity index (χ2v) is 3.69. The monoisotopic (exact) mass is 248 g/mol. The quantitative estimate of drug-likeness (QED) is 0.639. The largest absolute Gasteiger partial charge is 0.389 e. The zero-order chi connectivity index (χ0) is 13.1. The molecular weight excluding hydrogens is 236 g/mol. The number of anilines is 1. The van der Waals surface area contributed by atoms with Crippen molar-refractivity contribution in [3.8, 4) is 0 Å². The minimum atomic E-state index is -0.535. The van der Waals surface area contributed by atoms with E-state index in [1.807, 2.05) is 13.0 Å². The molecule has 0 aliphatic carbocycles. The SMILES string of the molecule is CNc1cc(C)nc(Cn2ccc([N+](=O)[O-])n2)n1. The van der Waals surface area contributed by atoms with Crippen molar-refractivity contribution >= 4 is 11.6 Å². The van der Waals surface area contributed by atoms with Crippen molar-refractivity contribution in [1.82, 2.24) is 19.7 Å². The molecule has 2 aromatic rings. The summed E-state index contributed by atoms with van der Waals surface area (Å²) in [5, 5.41) is 17.2. The first-order valence-electron chi connectivity index (χ1n) is 5.28. The van der Waals surface area contributed by atoms with Crippen LogP contribution in [0.5, 0.6) is 0 Å². The Morgan fingerprint density at radius 3 is 2.89 bits per heavy atom. The highest BCUT2D eigenvalue weighted by atomic mass is 16.6. The van der Waals surface area contributed by atoms with Crippen LogP contribution in [0.1, 0.15) is 11.5 Å². The molecule has 0 atom stereocenters. The molecule has 8 heteroatoms. The van der Waals surface area contributed by atoms with E-state index in [2.05, 4.69) is 20.4 Å². The Hall–Kier alpha value is -2.51. The van der Waals surface area contributed by atoms with Gasteiger partial charge in [-0.3, -0.25) is 0 Å². The fourth-order valence-electron chi connectivity index (χ4n) is 1.51. The van der Waals surface area contributed by atoms with Crippen molar-refractivity contribution in [2.24, 2.45) is 0 Å². The summed E-state index contributed by atoms with van der Waals surface area (Å²) in [5.74, 6) is 1.08. The molecule has 0 bridgehead atoms. The van der Waals surface area contributed by atoms with Crippen molar-refractivity contribution < 1.29 is 4.92 Å². The molecule has 0 unspecified atom stereocenters. The molecule has 0 saturated carbocycles. The molecule has 0 saturated heterocycles. The van der Waals surface area contributed by atoms with Gasteiger partial charge >= 0.3 is 5.82 Å². The van der Waals surface area contributed by atoms with Crippen LogP contribution in [0.25, 0.3) is 0 Å². The summed E-state index contributed by atoms with van der Waals surface area (Å²) in [6.07, 6.45) is 1.53. The van der Waals surface area contributed by atoms with Crippen LogP contribution in [0.15, 0.2) is 18.3 Å². The lowest BCUT2D eigenvalue weighted by Gasteiger charge is -2.03. The van der Waals surface area contributed by atoms with Gasteiger partial charge in [-0.05, 0) is 11.8 Å². The number of nitrogens with zero attached hydrogens (tertiary/aromatic N) is 5. The molecule has 8 nitrogen and oxygen atoms in total. The number of hydrogen-bond acceptors (Lipinski definition) is 6. The number of nitrogens with one attached hydrogen (secondary N) is 1. The Bertz CT molecular complexity index is 579. The molecule has 0 aromatic carbocycles. The summed E-state index contributed by atoms with van der Waals surface area (Å²) < 4.78 is 1.44. The van der Waals surface area contributed by atoms with Crippen LogP contribution in [-0.4, -0.2) is 31.7 Å². The predicted molar refractivity (Wildman–Crippen MR) is 64.3 cm³/mol.